The number of benzene rings is 2. The molecule has 7 nitrogen and oxygen atoms in total. The fourth-order valence-electron chi connectivity index (χ4n) is 5.14. The molecule has 222 valence electrons. The fourth-order valence-corrected chi connectivity index (χ4v) is 5.14. The third-order valence-corrected chi connectivity index (χ3v) is 7.03. The summed E-state index contributed by atoms with van der Waals surface area (Å²) in [5.74, 6) is -1.33. The first-order chi connectivity index (χ1) is 19.3. The highest BCUT2D eigenvalue weighted by atomic mass is 16.6. The summed E-state index contributed by atoms with van der Waals surface area (Å²) in [4.78, 5) is 38.0. The Balaban J connectivity index is 1.51. The van der Waals surface area contributed by atoms with Gasteiger partial charge in [-0.1, -0.05) is 87.9 Å². The fraction of sp³-hybridized carbons (Fsp3) is 0.500. The van der Waals surface area contributed by atoms with E-state index in [-0.39, 0.29) is 42.9 Å². The monoisotopic (exact) mass is 563 g/mol. The minimum Gasteiger partial charge on any atom is -0.464 e. The molecule has 0 bridgehead atoms. The van der Waals surface area contributed by atoms with E-state index in [0.29, 0.717) is 6.42 Å². The maximum Gasteiger partial charge on any atom is 0.407 e. The van der Waals surface area contributed by atoms with Gasteiger partial charge in [-0.2, -0.15) is 0 Å². The normalized spacial score (nSPS) is 15.4. The molecule has 1 amide bonds. The number of hydrogen-bond donors (Lipinski definition) is 1. The third-order valence-electron chi connectivity index (χ3n) is 7.03. The number of nitrogens with one attached hydrogen (secondary N) is 1. The Hall–Kier alpha value is -3.61. The first-order valence-electron chi connectivity index (χ1n) is 14.4. The summed E-state index contributed by atoms with van der Waals surface area (Å²) in [5, 5.41) is 2.71. The van der Waals surface area contributed by atoms with Gasteiger partial charge in [0.25, 0.3) is 0 Å². The van der Waals surface area contributed by atoms with E-state index in [2.05, 4.69) is 29.6 Å². The van der Waals surface area contributed by atoms with E-state index in [1.165, 1.54) is 0 Å². The lowest BCUT2D eigenvalue weighted by atomic mass is 9.98. The second-order valence-electron chi connectivity index (χ2n) is 12.5. The molecule has 41 heavy (non-hydrogen) atoms. The first kappa shape index (κ1) is 31.9. The molecular weight excluding hydrogens is 518 g/mol. The quantitative estimate of drug-likeness (QED) is 0.179. The number of amides is 1. The van der Waals surface area contributed by atoms with Crippen LogP contribution in [0.15, 0.2) is 60.2 Å². The van der Waals surface area contributed by atoms with E-state index in [1.54, 1.807) is 0 Å². The van der Waals surface area contributed by atoms with Gasteiger partial charge in [-0.05, 0) is 62.3 Å². The number of hydrogen-bond acceptors (Lipinski definition) is 6. The zero-order chi connectivity index (χ0) is 30.3. The van der Waals surface area contributed by atoms with Gasteiger partial charge in [-0.25, -0.2) is 9.59 Å². The Morgan fingerprint density at radius 1 is 0.878 bits per heavy atom. The number of alkyl carbamates (subject to hydrolysis) is 1. The van der Waals surface area contributed by atoms with Crippen LogP contribution in [0.25, 0.3) is 11.1 Å². The summed E-state index contributed by atoms with van der Waals surface area (Å²) in [6.07, 6.45) is 1.91. The van der Waals surface area contributed by atoms with Crippen molar-refractivity contribution >= 4 is 18.0 Å². The van der Waals surface area contributed by atoms with Crippen LogP contribution < -0.4 is 5.32 Å². The molecule has 1 aliphatic carbocycles. The van der Waals surface area contributed by atoms with Crippen molar-refractivity contribution in [3.63, 3.8) is 0 Å². The predicted octanol–water partition coefficient (Wildman–Crippen LogP) is 7.04. The summed E-state index contributed by atoms with van der Waals surface area (Å²) in [5.41, 5.74) is 5.05. The summed E-state index contributed by atoms with van der Waals surface area (Å²) < 4.78 is 16.7. The minimum absolute atomic E-state index is 0.0629. The van der Waals surface area contributed by atoms with Crippen molar-refractivity contribution in [2.24, 2.45) is 17.8 Å². The standard InChI is InChI=1S/C34H45NO6/c1-21(2)30(32(37)39-19-23(4)17-22(3)18-24(5)31(36)41-34(6,7)8)35-33(38)40-20-29-27-15-11-9-13-25(27)26-14-10-12-16-28(26)29/h9-17,21,23-24,29-30H,18-20H2,1-8H3,(H,35,38)/b22-17+/t23-,24-,30-/m0/s1. The SMILES string of the molecule is C/C(=C\[C@H](C)COC(=O)[C@@H](NC(=O)OCC1c2ccccc2-c2ccccc21)C(C)C)C[C@H](C)C(=O)OC(C)(C)C. The van der Waals surface area contributed by atoms with Crippen molar-refractivity contribution in [1.29, 1.82) is 0 Å². The van der Waals surface area contributed by atoms with Crippen molar-refractivity contribution in [2.75, 3.05) is 13.2 Å². The number of carbonyl (C=O) groups excluding carboxylic acids is 3. The molecule has 1 aliphatic rings. The molecule has 7 heteroatoms. The van der Waals surface area contributed by atoms with E-state index < -0.39 is 23.7 Å². The molecule has 0 unspecified atom stereocenters. The average Bonchev–Trinajstić information content (AvgIpc) is 3.21. The van der Waals surface area contributed by atoms with Crippen LogP contribution in [0, 0.1) is 17.8 Å². The van der Waals surface area contributed by atoms with Crippen LogP contribution in [0.5, 0.6) is 0 Å². The van der Waals surface area contributed by atoms with Crippen molar-refractivity contribution in [2.45, 2.75) is 79.4 Å². The molecule has 0 saturated carbocycles. The van der Waals surface area contributed by atoms with E-state index >= 15 is 0 Å². The van der Waals surface area contributed by atoms with E-state index in [4.69, 9.17) is 14.2 Å². The molecule has 3 rings (SSSR count). The van der Waals surface area contributed by atoms with Gasteiger partial charge >= 0.3 is 18.0 Å². The maximum atomic E-state index is 12.9. The van der Waals surface area contributed by atoms with Gasteiger partial charge in [0, 0.05) is 11.8 Å². The number of rotatable bonds is 11. The summed E-state index contributed by atoms with van der Waals surface area (Å²) in [7, 11) is 0. The maximum absolute atomic E-state index is 12.9. The highest BCUT2D eigenvalue weighted by Gasteiger charge is 2.31. The number of esters is 2. The third kappa shape index (κ3) is 8.94. The number of allylic oxidation sites excluding steroid dienone is 1. The van der Waals surface area contributed by atoms with Gasteiger partial charge in [0.2, 0.25) is 0 Å². The highest BCUT2D eigenvalue weighted by Crippen LogP contribution is 2.44. The molecule has 0 fully saturated rings. The topological polar surface area (TPSA) is 90.9 Å². The molecule has 0 aromatic heterocycles. The predicted molar refractivity (Wildman–Crippen MR) is 160 cm³/mol. The Morgan fingerprint density at radius 3 is 1.98 bits per heavy atom. The molecule has 0 aliphatic heterocycles. The van der Waals surface area contributed by atoms with Crippen LogP contribution in [-0.4, -0.2) is 42.9 Å². The van der Waals surface area contributed by atoms with Crippen LogP contribution in [0.3, 0.4) is 0 Å². The second kappa shape index (κ2) is 13.8. The Morgan fingerprint density at radius 2 is 1.44 bits per heavy atom. The molecule has 0 saturated heterocycles. The van der Waals surface area contributed by atoms with Gasteiger partial charge in [0.05, 0.1) is 12.5 Å². The Kier molecular flexibility index (Phi) is 10.8. The molecule has 0 spiro atoms. The van der Waals surface area contributed by atoms with Crippen molar-refractivity contribution in [1.82, 2.24) is 5.32 Å². The minimum atomic E-state index is -0.838. The number of fused-ring (bicyclic) bond motifs is 3. The molecule has 2 aromatic rings. The lowest BCUT2D eigenvalue weighted by Crippen LogP contribution is -2.46. The molecule has 0 radical (unpaired) electrons. The van der Waals surface area contributed by atoms with Crippen LogP contribution in [-0.2, 0) is 23.8 Å². The summed E-state index contributed by atoms with van der Waals surface area (Å²) >= 11 is 0. The summed E-state index contributed by atoms with van der Waals surface area (Å²) in [6, 6.07) is 15.4. The Labute approximate surface area is 244 Å². The van der Waals surface area contributed by atoms with Crippen molar-refractivity contribution in [3.8, 4) is 11.1 Å². The Bertz CT molecular complexity index is 1210. The van der Waals surface area contributed by atoms with Gasteiger partial charge in [-0.3, -0.25) is 4.79 Å². The molecule has 1 N–H and O–H groups in total. The first-order valence-corrected chi connectivity index (χ1v) is 14.4. The zero-order valence-corrected chi connectivity index (χ0v) is 25.7. The van der Waals surface area contributed by atoms with E-state index in [9.17, 15) is 14.4 Å². The van der Waals surface area contributed by atoms with E-state index in [1.807, 2.05) is 85.7 Å². The van der Waals surface area contributed by atoms with Gasteiger partial charge in [0.15, 0.2) is 0 Å². The molecule has 3 atom stereocenters. The smallest absolute Gasteiger partial charge is 0.407 e. The van der Waals surface area contributed by atoms with Crippen LogP contribution in [0.1, 0.15) is 78.9 Å². The van der Waals surface area contributed by atoms with Gasteiger partial charge in [0.1, 0.15) is 18.2 Å². The molecular formula is C34H45NO6. The van der Waals surface area contributed by atoms with Crippen LogP contribution in [0.4, 0.5) is 4.79 Å². The van der Waals surface area contributed by atoms with Crippen molar-refractivity contribution < 1.29 is 28.6 Å². The highest BCUT2D eigenvalue weighted by molar-refractivity contribution is 5.82. The van der Waals surface area contributed by atoms with E-state index in [0.717, 1.165) is 27.8 Å². The summed E-state index contributed by atoms with van der Waals surface area (Å²) in [6.45, 7) is 15.3. The molecule has 2 aromatic carbocycles. The zero-order valence-electron chi connectivity index (χ0n) is 25.7. The van der Waals surface area contributed by atoms with Gasteiger partial charge in [-0.15, -0.1) is 0 Å². The second-order valence-corrected chi connectivity index (χ2v) is 12.5. The average molecular weight is 564 g/mol. The largest absolute Gasteiger partial charge is 0.464 e. The molecule has 0 heterocycles. The van der Waals surface area contributed by atoms with Crippen LogP contribution >= 0.6 is 0 Å². The van der Waals surface area contributed by atoms with Crippen LogP contribution in [0.2, 0.25) is 0 Å². The lowest BCUT2D eigenvalue weighted by molar-refractivity contribution is -0.159. The van der Waals surface area contributed by atoms with Crippen molar-refractivity contribution in [3.05, 3.63) is 71.3 Å². The number of carbonyl (C=O) groups is 3. The van der Waals surface area contributed by atoms with Gasteiger partial charge < -0.3 is 19.5 Å². The lowest BCUT2D eigenvalue weighted by Gasteiger charge is -2.23. The number of ether oxygens (including phenoxy) is 3.